The van der Waals surface area contributed by atoms with Crippen molar-refractivity contribution in [2.24, 2.45) is 5.92 Å². The highest BCUT2D eigenvalue weighted by Crippen LogP contribution is 2.42. The van der Waals surface area contributed by atoms with Crippen molar-refractivity contribution in [1.82, 2.24) is 19.8 Å². The fraction of sp³-hybridized carbons (Fsp3) is 0.333. The minimum atomic E-state index is -4.68. The van der Waals surface area contributed by atoms with Gasteiger partial charge in [0.2, 0.25) is 11.8 Å². The zero-order valence-electron chi connectivity index (χ0n) is 30.3. The Morgan fingerprint density at radius 3 is 2.29 bits per heavy atom. The highest BCUT2D eigenvalue weighted by Gasteiger charge is 2.36. The third-order valence-corrected chi connectivity index (χ3v) is 9.99. The molecule has 3 aromatic carbocycles. The van der Waals surface area contributed by atoms with Crippen LogP contribution < -0.4 is 4.90 Å². The number of likely N-dealkylation sites (tertiary alicyclic amines) is 1. The molecular formula is C42H44F3N5O2. The van der Waals surface area contributed by atoms with E-state index in [1.807, 2.05) is 69.4 Å². The number of nitrogens with zero attached hydrogens (tertiary/aromatic N) is 5. The van der Waals surface area contributed by atoms with E-state index in [4.69, 9.17) is 0 Å². The number of carbonyl (C=O) groups excluding carboxylic acids is 2. The van der Waals surface area contributed by atoms with Crippen molar-refractivity contribution < 1.29 is 22.8 Å². The predicted octanol–water partition coefficient (Wildman–Crippen LogP) is 9.45. The normalized spacial score (nSPS) is 15.6. The number of aromatic nitrogens is 2. The standard InChI is InChI=1S/C40H38F3N5O2.C2H6/c1-25-23-44-37-11-8-29(31-20-30-6-4-5-7-36(30)45-24-31)21-34(37)38(25)48(26(2)49)32-9-10-33(35(22-32)40(41,42)43)27-14-18-47(19-15-27)39(50)28-12-16-46(3)17-13-28;1-2/h4-11,14,20-24,28H,12-13,15-19H2,1-3H3;1-2H3. The molecule has 4 heterocycles. The van der Waals surface area contributed by atoms with Gasteiger partial charge in [0.15, 0.2) is 0 Å². The Kier molecular flexibility index (Phi) is 10.8. The van der Waals surface area contributed by atoms with Crippen LogP contribution in [-0.4, -0.2) is 64.8 Å². The third kappa shape index (κ3) is 7.44. The highest BCUT2D eigenvalue weighted by atomic mass is 19.4. The van der Waals surface area contributed by atoms with Gasteiger partial charge in [-0.3, -0.25) is 24.5 Å². The summed E-state index contributed by atoms with van der Waals surface area (Å²) >= 11 is 0. The second-order valence-electron chi connectivity index (χ2n) is 13.4. The van der Waals surface area contributed by atoms with Crippen molar-refractivity contribution in [3.05, 3.63) is 102 Å². The Morgan fingerprint density at radius 1 is 0.865 bits per heavy atom. The monoisotopic (exact) mass is 707 g/mol. The van der Waals surface area contributed by atoms with Crippen molar-refractivity contribution in [3.8, 4) is 11.1 Å². The van der Waals surface area contributed by atoms with Crippen molar-refractivity contribution in [2.45, 2.75) is 53.1 Å². The van der Waals surface area contributed by atoms with Crippen LogP contribution in [-0.2, 0) is 15.8 Å². The predicted molar refractivity (Wildman–Crippen MR) is 202 cm³/mol. The lowest BCUT2D eigenvalue weighted by Gasteiger charge is -2.34. The molecule has 0 saturated carbocycles. The fourth-order valence-corrected chi connectivity index (χ4v) is 7.27. The van der Waals surface area contributed by atoms with Crippen LogP contribution >= 0.6 is 0 Å². The van der Waals surface area contributed by atoms with Gasteiger partial charge >= 0.3 is 6.18 Å². The molecule has 0 N–H and O–H groups in total. The number of piperidine rings is 1. The van der Waals surface area contributed by atoms with Crippen molar-refractivity contribution in [1.29, 1.82) is 0 Å². The van der Waals surface area contributed by atoms with Crippen LogP contribution in [0.5, 0.6) is 0 Å². The molecule has 2 aliphatic rings. The Balaban J connectivity index is 0.00000228. The molecule has 5 aromatic rings. The topological polar surface area (TPSA) is 69.6 Å². The van der Waals surface area contributed by atoms with Crippen LogP contribution in [0.25, 0.3) is 38.5 Å². The number of fused-ring (bicyclic) bond motifs is 2. The average Bonchev–Trinajstić information content (AvgIpc) is 3.16. The third-order valence-electron chi connectivity index (χ3n) is 9.99. The summed E-state index contributed by atoms with van der Waals surface area (Å²) in [5, 5.41) is 1.61. The summed E-state index contributed by atoms with van der Waals surface area (Å²) in [5.41, 5.74) is 4.19. The van der Waals surface area contributed by atoms with Gasteiger partial charge in [0, 0.05) is 60.3 Å². The molecule has 0 spiro atoms. The zero-order chi connectivity index (χ0) is 37.2. The molecule has 10 heteroatoms. The number of amides is 2. The molecule has 0 atom stereocenters. The fourth-order valence-electron chi connectivity index (χ4n) is 7.27. The largest absolute Gasteiger partial charge is 0.417 e. The van der Waals surface area contributed by atoms with Gasteiger partial charge in [0.25, 0.3) is 0 Å². The van der Waals surface area contributed by atoms with E-state index in [1.165, 1.54) is 17.9 Å². The number of hydrogen-bond acceptors (Lipinski definition) is 5. The lowest BCUT2D eigenvalue weighted by molar-refractivity contribution is -0.138. The Hall–Kier alpha value is -5.09. The molecular weight excluding hydrogens is 663 g/mol. The van der Waals surface area contributed by atoms with Crippen molar-refractivity contribution >= 4 is 50.6 Å². The summed E-state index contributed by atoms with van der Waals surface area (Å²) in [7, 11) is 2.04. The smallest absolute Gasteiger partial charge is 0.338 e. The van der Waals surface area contributed by atoms with Gasteiger partial charge in [-0.2, -0.15) is 13.2 Å². The first kappa shape index (κ1) is 36.7. The van der Waals surface area contributed by atoms with Crippen molar-refractivity contribution in [3.63, 3.8) is 0 Å². The quantitative estimate of drug-likeness (QED) is 0.182. The first-order chi connectivity index (χ1) is 25.0. The molecule has 7 rings (SSSR count). The van der Waals surface area contributed by atoms with Crippen LogP contribution in [0, 0.1) is 12.8 Å². The summed E-state index contributed by atoms with van der Waals surface area (Å²) in [4.78, 5) is 41.1. The van der Waals surface area contributed by atoms with Crippen molar-refractivity contribution in [2.75, 3.05) is 38.1 Å². The first-order valence-corrected chi connectivity index (χ1v) is 17.9. The maximum atomic E-state index is 14.8. The van der Waals surface area contributed by atoms with Crippen LogP contribution in [0.4, 0.5) is 24.5 Å². The minimum Gasteiger partial charge on any atom is -0.338 e. The van der Waals surface area contributed by atoms with Gasteiger partial charge < -0.3 is 9.80 Å². The molecule has 52 heavy (non-hydrogen) atoms. The molecule has 0 unspecified atom stereocenters. The van der Waals surface area contributed by atoms with E-state index in [2.05, 4.69) is 14.9 Å². The summed E-state index contributed by atoms with van der Waals surface area (Å²) in [6.45, 7) is 9.52. The lowest BCUT2D eigenvalue weighted by atomic mass is 9.91. The van der Waals surface area contributed by atoms with E-state index in [1.54, 1.807) is 36.4 Å². The van der Waals surface area contributed by atoms with E-state index < -0.39 is 17.6 Å². The minimum absolute atomic E-state index is 0.0447. The summed E-state index contributed by atoms with van der Waals surface area (Å²) in [5.74, 6) is -0.396. The van der Waals surface area contributed by atoms with E-state index in [0.29, 0.717) is 40.7 Å². The zero-order valence-corrected chi connectivity index (χ0v) is 30.3. The van der Waals surface area contributed by atoms with Crippen LogP contribution in [0.2, 0.25) is 0 Å². The number of hydrogen-bond donors (Lipinski definition) is 0. The van der Waals surface area contributed by atoms with E-state index in [0.717, 1.165) is 54.0 Å². The maximum absolute atomic E-state index is 14.8. The lowest BCUT2D eigenvalue weighted by Crippen LogP contribution is -2.43. The first-order valence-electron chi connectivity index (χ1n) is 17.9. The van der Waals surface area contributed by atoms with Gasteiger partial charge in [-0.1, -0.05) is 50.3 Å². The number of pyridine rings is 2. The van der Waals surface area contributed by atoms with Gasteiger partial charge in [-0.25, -0.2) is 0 Å². The Morgan fingerprint density at radius 2 is 1.60 bits per heavy atom. The van der Waals surface area contributed by atoms with E-state index in [-0.39, 0.29) is 29.6 Å². The summed E-state index contributed by atoms with van der Waals surface area (Å²) < 4.78 is 44.4. The van der Waals surface area contributed by atoms with Gasteiger partial charge in [-0.05, 0) is 105 Å². The number of anilines is 2. The Labute approximate surface area is 302 Å². The number of aryl methyl sites for hydroxylation is 1. The van der Waals surface area contributed by atoms with E-state index in [9.17, 15) is 22.8 Å². The molecule has 1 saturated heterocycles. The number of rotatable bonds is 5. The number of carbonyl (C=O) groups is 2. The second-order valence-corrected chi connectivity index (χ2v) is 13.4. The van der Waals surface area contributed by atoms with E-state index >= 15 is 0 Å². The molecule has 0 bridgehead atoms. The van der Waals surface area contributed by atoms with Crippen LogP contribution in [0.15, 0.2) is 85.2 Å². The number of halogens is 3. The van der Waals surface area contributed by atoms with Gasteiger partial charge in [-0.15, -0.1) is 0 Å². The highest BCUT2D eigenvalue weighted by molar-refractivity contribution is 6.09. The molecule has 0 aliphatic carbocycles. The van der Waals surface area contributed by atoms with Crippen LogP contribution in [0.3, 0.4) is 0 Å². The van der Waals surface area contributed by atoms with Gasteiger partial charge in [0.05, 0.1) is 22.3 Å². The summed E-state index contributed by atoms with van der Waals surface area (Å²) in [6, 6.07) is 19.6. The molecule has 1 fully saturated rings. The second kappa shape index (κ2) is 15.3. The molecule has 2 aliphatic heterocycles. The maximum Gasteiger partial charge on any atom is 0.417 e. The molecule has 2 aromatic heterocycles. The molecule has 0 radical (unpaired) electrons. The molecule has 270 valence electrons. The van der Waals surface area contributed by atoms with Crippen LogP contribution in [0.1, 0.15) is 56.7 Å². The number of para-hydroxylation sites is 1. The molecule has 7 nitrogen and oxygen atoms in total. The molecule has 2 amide bonds. The van der Waals surface area contributed by atoms with Gasteiger partial charge in [0.1, 0.15) is 0 Å². The summed E-state index contributed by atoms with van der Waals surface area (Å²) in [6.07, 6.45) is 2.39. The average molecular weight is 708 g/mol. The number of alkyl halides is 3. The SMILES string of the molecule is CC.CC(=O)N(c1ccc(C2=CCN(C(=O)C3CCN(C)CC3)CC2)c(C(F)(F)F)c1)c1c(C)cnc2ccc(-c3cnc4ccccc4c3)cc12. The number of benzene rings is 3. The Bertz CT molecular complexity index is 2150.